The normalized spacial score (nSPS) is 13.1. The van der Waals surface area contributed by atoms with Crippen LogP contribution in [0, 0.1) is 0 Å². The monoisotopic (exact) mass is 614 g/mol. The topological polar surface area (TPSA) is 40.5 Å². The van der Waals surface area contributed by atoms with Crippen molar-refractivity contribution in [2.24, 2.45) is 0 Å². The molecule has 238 valence electrons. The van der Waals surface area contributed by atoms with E-state index >= 15 is 0 Å². The molecule has 2 aromatic carbocycles. The summed E-state index contributed by atoms with van der Waals surface area (Å²) in [5, 5.41) is 21.9. The Hall–Kier alpha value is -1.26. The summed E-state index contributed by atoms with van der Waals surface area (Å²) in [7, 11) is 0. The maximum atomic E-state index is 11.0. The van der Waals surface area contributed by atoms with Crippen LogP contribution in [0.3, 0.4) is 0 Å². The van der Waals surface area contributed by atoms with Gasteiger partial charge in [-0.1, -0.05) is 122 Å². The Bertz CT molecular complexity index is 976. The maximum Gasteiger partial charge on any atom is 0.123 e. The minimum Gasteiger partial charge on any atom is -0.507 e. The Labute approximate surface area is 268 Å². The summed E-state index contributed by atoms with van der Waals surface area (Å²) < 4.78 is 0. The quantitative estimate of drug-likeness (QED) is 0.174. The van der Waals surface area contributed by atoms with E-state index in [9.17, 15) is 10.2 Å². The second-order valence-electron chi connectivity index (χ2n) is 16.3. The molecule has 0 unspecified atom stereocenters. The van der Waals surface area contributed by atoms with Crippen molar-refractivity contribution in [3.63, 3.8) is 0 Å². The average Bonchev–Trinajstić information content (AvgIpc) is 2.83. The lowest BCUT2D eigenvalue weighted by molar-refractivity contribution is 0.421. The molecule has 0 saturated heterocycles. The van der Waals surface area contributed by atoms with E-state index in [0.29, 0.717) is 11.5 Å². The Balaban J connectivity index is 1.70. The third-order valence-electron chi connectivity index (χ3n) is 7.98. The van der Waals surface area contributed by atoms with Crippen molar-refractivity contribution in [3.05, 3.63) is 46.5 Å². The van der Waals surface area contributed by atoms with Crippen LogP contribution in [0.4, 0.5) is 0 Å². The first-order valence-electron chi connectivity index (χ1n) is 16.2. The first kappa shape index (κ1) is 36.9. The Morgan fingerprint density at radius 3 is 0.833 bits per heavy atom. The molecule has 4 heteroatoms. The zero-order valence-corrected chi connectivity index (χ0v) is 30.7. The second kappa shape index (κ2) is 15.2. The van der Waals surface area contributed by atoms with Crippen LogP contribution in [-0.4, -0.2) is 21.7 Å². The van der Waals surface area contributed by atoms with Gasteiger partial charge >= 0.3 is 0 Å². The summed E-state index contributed by atoms with van der Waals surface area (Å²) in [6, 6.07) is 8.84. The van der Waals surface area contributed by atoms with Gasteiger partial charge in [0.1, 0.15) is 11.5 Å². The van der Waals surface area contributed by atoms with Crippen LogP contribution < -0.4 is 0 Å². The van der Waals surface area contributed by atoms with E-state index < -0.39 is 0 Å². The number of benzene rings is 2. The summed E-state index contributed by atoms with van der Waals surface area (Å²) in [5.74, 6) is 3.23. The van der Waals surface area contributed by atoms with Crippen molar-refractivity contribution in [2.75, 3.05) is 11.5 Å². The van der Waals surface area contributed by atoms with Gasteiger partial charge in [-0.3, -0.25) is 0 Å². The molecule has 0 atom stereocenters. The fourth-order valence-corrected chi connectivity index (χ4v) is 7.29. The molecule has 0 aliphatic carbocycles. The van der Waals surface area contributed by atoms with Crippen molar-refractivity contribution in [1.29, 1.82) is 0 Å². The predicted molar refractivity (Wildman–Crippen MR) is 189 cm³/mol. The lowest BCUT2D eigenvalue weighted by atomic mass is 9.79. The molecule has 0 spiro atoms. The summed E-state index contributed by atoms with van der Waals surface area (Å²) in [5.41, 5.74) is 3.94. The lowest BCUT2D eigenvalue weighted by Crippen LogP contribution is -2.17. The molecular formula is C38H62O2S2. The lowest BCUT2D eigenvalue weighted by Gasteiger charge is -2.28. The minimum atomic E-state index is -0.0730. The van der Waals surface area contributed by atoms with E-state index in [4.69, 9.17) is 0 Å². The predicted octanol–water partition coefficient (Wildman–Crippen LogP) is 12.3. The molecule has 2 aromatic rings. The third kappa shape index (κ3) is 11.3. The van der Waals surface area contributed by atoms with Gasteiger partial charge < -0.3 is 10.2 Å². The highest BCUT2D eigenvalue weighted by Crippen LogP contribution is 2.43. The number of hydrogen-bond acceptors (Lipinski definition) is 4. The molecule has 0 fully saturated rings. The first-order chi connectivity index (χ1) is 19.2. The number of rotatable bonds is 13. The van der Waals surface area contributed by atoms with Gasteiger partial charge in [0.05, 0.1) is 0 Å². The summed E-state index contributed by atoms with van der Waals surface area (Å²) in [6.45, 7) is 26.2. The minimum absolute atomic E-state index is 0.0730. The Morgan fingerprint density at radius 2 is 0.619 bits per heavy atom. The molecular weight excluding hydrogens is 553 g/mol. The van der Waals surface area contributed by atoms with Gasteiger partial charge in [0.15, 0.2) is 0 Å². The number of phenols is 2. The highest BCUT2D eigenvalue weighted by atomic mass is 32.2. The largest absolute Gasteiger partial charge is 0.507 e. The van der Waals surface area contributed by atoms with E-state index in [1.807, 2.05) is 23.5 Å². The highest BCUT2D eigenvalue weighted by Gasteiger charge is 2.28. The van der Waals surface area contributed by atoms with Crippen molar-refractivity contribution in [1.82, 2.24) is 0 Å². The van der Waals surface area contributed by atoms with Crippen LogP contribution in [0.25, 0.3) is 0 Å². The smallest absolute Gasteiger partial charge is 0.123 e. The molecule has 2 nitrogen and oxygen atoms in total. The van der Waals surface area contributed by atoms with Crippen LogP contribution in [0.15, 0.2) is 34.1 Å². The van der Waals surface area contributed by atoms with Gasteiger partial charge in [0.25, 0.3) is 0 Å². The van der Waals surface area contributed by atoms with E-state index in [1.54, 1.807) is 0 Å². The SMILES string of the molecule is CC(C)(C)c1cc(SCCCCCCCCCCSc2cc(C(C)(C)C)c(O)c(C(C)(C)C)c2)cc(C(C)(C)C)c1O. The van der Waals surface area contributed by atoms with Gasteiger partial charge in [0.2, 0.25) is 0 Å². The molecule has 0 amide bonds. The summed E-state index contributed by atoms with van der Waals surface area (Å²) >= 11 is 3.89. The zero-order chi connectivity index (χ0) is 31.9. The van der Waals surface area contributed by atoms with Gasteiger partial charge in [-0.2, -0.15) is 0 Å². The fourth-order valence-electron chi connectivity index (χ4n) is 5.31. The van der Waals surface area contributed by atoms with E-state index in [0.717, 1.165) is 33.8 Å². The van der Waals surface area contributed by atoms with Gasteiger partial charge in [-0.05, 0) is 70.3 Å². The molecule has 2 N–H and O–H groups in total. The highest BCUT2D eigenvalue weighted by molar-refractivity contribution is 7.99. The molecule has 0 aliphatic heterocycles. The molecule has 2 rings (SSSR count). The first-order valence-corrected chi connectivity index (χ1v) is 18.2. The van der Waals surface area contributed by atoms with Gasteiger partial charge in [-0.25, -0.2) is 0 Å². The van der Waals surface area contributed by atoms with E-state index in [-0.39, 0.29) is 21.7 Å². The molecule has 0 saturated carbocycles. The van der Waals surface area contributed by atoms with Crippen molar-refractivity contribution in [2.45, 2.75) is 166 Å². The number of phenolic OH excluding ortho intramolecular Hbond substituents is 2. The molecule has 0 bridgehead atoms. The third-order valence-corrected chi connectivity index (χ3v) is 10.1. The molecule has 0 radical (unpaired) electrons. The van der Waals surface area contributed by atoms with E-state index in [1.165, 1.54) is 61.2 Å². The zero-order valence-electron chi connectivity index (χ0n) is 29.1. The van der Waals surface area contributed by atoms with Gasteiger partial charge in [-0.15, -0.1) is 23.5 Å². The maximum absolute atomic E-state index is 11.0. The van der Waals surface area contributed by atoms with Crippen LogP contribution in [-0.2, 0) is 21.7 Å². The summed E-state index contributed by atoms with van der Waals surface area (Å²) in [6.07, 6.45) is 10.4. The number of thioether (sulfide) groups is 2. The number of aromatic hydroxyl groups is 2. The van der Waals surface area contributed by atoms with Crippen LogP contribution >= 0.6 is 23.5 Å². The Kier molecular flexibility index (Phi) is 13.3. The molecule has 42 heavy (non-hydrogen) atoms. The van der Waals surface area contributed by atoms with E-state index in [2.05, 4.69) is 107 Å². The number of hydrogen-bond donors (Lipinski definition) is 2. The van der Waals surface area contributed by atoms with Crippen LogP contribution in [0.2, 0.25) is 0 Å². The van der Waals surface area contributed by atoms with Crippen LogP contribution in [0.5, 0.6) is 11.5 Å². The van der Waals surface area contributed by atoms with Crippen molar-refractivity contribution in [3.8, 4) is 11.5 Å². The van der Waals surface area contributed by atoms with Crippen molar-refractivity contribution >= 4 is 23.5 Å². The summed E-state index contributed by atoms with van der Waals surface area (Å²) in [4.78, 5) is 2.58. The standard InChI is InChI=1S/C38H62O2S2/c1-35(2,3)29-23-27(24-30(33(29)39)36(4,5)6)41-21-19-17-15-13-14-16-18-20-22-42-28-25-31(37(7,8)9)34(40)32(26-28)38(10,11)12/h23-26,39-40H,13-22H2,1-12H3. The van der Waals surface area contributed by atoms with Crippen molar-refractivity contribution < 1.29 is 10.2 Å². The number of unbranched alkanes of at least 4 members (excludes halogenated alkanes) is 7. The molecule has 0 aliphatic rings. The fraction of sp³-hybridized carbons (Fsp3) is 0.684. The van der Waals surface area contributed by atoms with Gasteiger partial charge in [0, 0.05) is 32.0 Å². The second-order valence-corrected chi connectivity index (χ2v) is 18.6. The van der Waals surface area contributed by atoms with Crippen LogP contribution in [0.1, 0.15) is 157 Å². The average molecular weight is 615 g/mol. The Morgan fingerprint density at radius 1 is 0.405 bits per heavy atom. The molecule has 0 heterocycles. The molecule has 0 aromatic heterocycles.